The van der Waals surface area contributed by atoms with E-state index in [1.807, 2.05) is 18.2 Å². The van der Waals surface area contributed by atoms with E-state index in [1.54, 1.807) is 0 Å². The predicted molar refractivity (Wildman–Crippen MR) is 101 cm³/mol. The first kappa shape index (κ1) is 18.4. The molecule has 21 heavy (non-hydrogen) atoms. The van der Waals surface area contributed by atoms with Crippen molar-refractivity contribution < 1.29 is 0 Å². The average Bonchev–Trinajstić information content (AvgIpc) is 2.46. The molecule has 0 aliphatic carbocycles. The molecule has 0 aliphatic heterocycles. The Hall–Kier alpha value is -0.610. The Morgan fingerprint density at radius 3 is 2.33 bits per heavy atom. The van der Waals surface area contributed by atoms with Crippen LogP contribution in [0.5, 0.6) is 0 Å². The Morgan fingerprint density at radius 1 is 1.10 bits per heavy atom. The molecule has 1 rings (SSSR count). The van der Waals surface area contributed by atoms with Gasteiger partial charge >= 0.3 is 0 Å². The van der Waals surface area contributed by atoms with Crippen LogP contribution < -0.4 is 11.1 Å². The standard InChI is InChI=1S/C17H27BrN2S/c1-2-3-4-5-6-7-8-9-12-20-16-11-10-14(18)13-15(16)17(19)21/h10-11,13,20H,2-9,12H2,1H3,(H2,19,21). The molecule has 1 aromatic rings. The second-order valence-electron chi connectivity index (χ2n) is 5.46. The number of rotatable bonds is 11. The minimum Gasteiger partial charge on any atom is -0.389 e. The van der Waals surface area contributed by atoms with Crippen LogP contribution >= 0.6 is 28.1 Å². The van der Waals surface area contributed by atoms with Crippen molar-refractivity contribution >= 4 is 38.8 Å². The van der Waals surface area contributed by atoms with Crippen molar-refractivity contribution in [2.24, 2.45) is 5.73 Å². The van der Waals surface area contributed by atoms with Gasteiger partial charge in [0.2, 0.25) is 0 Å². The van der Waals surface area contributed by atoms with E-state index in [9.17, 15) is 0 Å². The van der Waals surface area contributed by atoms with Crippen molar-refractivity contribution in [2.45, 2.75) is 58.3 Å². The zero-order valence-corrected chi connectivity index (χ0v) is 15.4. The van der Waals surface area contributed by atoms with Crippen molar-refractivity contribution in [1.29, 1.82) is 0 Å². The molecule has 0 radical (unpaired) electrons. The molecular weight excluding hydrogens is 344 g/mol. The lowest BCUT2D eigenvalue weighted by molar-refractivity contribution is 0.581. The maximum atomic E-state index is 5.76. The number of unbranched alkanes of at least 4 members (excludes halogenated alkanes) is 7. The summed E-state index contributed by atoms with van der Waals surface area (Å²) in [5, 5.41) is 3.44. The number of thiocarbonyl (C=S) groups is 1. The highest BCUT2D eigenvalue weighted by Crippen LogP contribution is 2.21. The predicted octanol–water partition coefficient (Wildman–Crippen LogP) is 5.64. The van der Waals surface area contributed by atoms with Crippen molar-refractivity contribution in [3.05, 3.63) is 28.2 Å². The Morgan fingerprint density at radius 2 is 1.71 bits per heavy atom. The van der Waals surface area contributed by atoms with Gasteiger partial charge in [0.25, 0.3) is 0 Å². The molecule has 0 aromatic heterocycles. The first-order valence-electron chi connectivity index (χ1n) is 7.98. The number of nitrogens with two attached hydrogens (primary N) is 1. The topological polar surface area (TPSA) is 38.0 Å². The maximum absolute atomic E-state index is 5.76. The summed E-state index contributed by atoms with van der Waals surface area (Å²) in [5.41, 5.74) is 7.72. The number of halogens is 1. The van der Waals surface area contributed by atoms with E-state index in [2.05, 4.69) is 28.2 Å². The van der Waals surface area contributed by atoms with Gasteiger partial charge in [-0.15, -0.1) is 0 Å². The molecule has 2 nitrogen and oxygen atoms in total. The fraction of sp³-hybridized carbons (Fsp3) is 0.588. The Balaban J connectivity index is 2.20. The van der Waals surface area contributed by atoms with Crippen LogP contribution in [0.4, 0.5) is 5.69 Å². The molecule has 0 aliphatic rings. The van der Waals surface area contributed by atoms with E-state index in [4.69, 9.17) is 18.0 Å². The van der Waals surface area contributed by atoms with Crippen LogP contribution in [0.15, 0.2) is 22.7 Å². The fourth-order valence-electron chi connectivity index (χ4n) is 2.36. The van der Waals surface area contributed by atoms with Gasteiger partial charge in [-0.2, -0.15) is 0 Å². The number of hydrogen-bond acceptors (Lipinski definition) is 2. The van der Waals surface area contributed by atoms with Crippen LogP contribution in [0.2, 0.25) is 0 Å². The van der Waals surface area contributed by atoms with E-state index in [-0.39, 0.29) is 0 Å². The highest BCUT2D eigenvalue weighted by atomic mass is 79.9. The number of benzene rings is 1. The molecule has 1 aromatic carbocycles. The molecule has 0 saturated carbocycles. The smallest absolute Gasteiger partial charge is 0.106 e. The monoisotopic (exact) mass is 370 g/mol. The molecule has 0 spiro atoms. The lowest BCUT2D eigenvalue weighted by Crippen LogP contribution is -2.13. The molecule has 0 unspecified atom stereocenters. The zero-order chi connectivity index (χ0) is 15.5. The van der Waals surface area contributed by atoms with E-state index >= 15 is 0 Å². The van der Waals surface area contributed by atoms with Gasteiger partial charge < -0.3 is 11.1 Å². The lowest BCUT2D eigenvalue weighted by atomic mass is 10.1. The molecular formula is C17H27BrN2S. The molecule has 4 heteroatoms. The lowest BCUT2D eigenvalue weighted by Gasteiger charge is -2.11. The molecule has 118 valence electrons. The van der Waals surface area contributed by atoms with Gasteiger partial charge in [0.05, 0.1) is 0 Å². The zero-order valence-electron chi connectivity index (χ0n) is 13.0. The van der Waals surface area contributed by atoms with E-state index in [1.165, 1.54) is 51.4 Å². The Labute approximate surface area is 143 Å². The Bertz CT molecular complexity index is 435. The van der Waals surface area contributed by atoms with Gasteiger partial charge in [-0.3, -0.25) is 0 Å². The van der Waals surface area contributed by atoms with Crippen molar-refractivity contribution in [3.63, 3.8) is 0 Å². The summed E-state index contributed by atoms with van der Waals surface area (Å²) in [6.45, 7) is 3.24. The van der Waals surface area contributed by atoms with Crippen LogP contribution in [0.1, 0.15) is 63.9 Å². The number of hydrogen-bond donors (Lipinski definition) is 2. The highest BCUT2D eigenvalue weighted by Gasteiger charge is 2.05. The first-order chi connectivity index (χ1) is 10.1. The van der Waals surface area contributed by atoms with Gasteiger partial charge in [0, 0.05) is 22.3 Å². The summed E-state index contributed by atoms with van der Waals surface area (Å²) in [6.07, 6.45) is 10.7. The normalized spacial score (nSPS) is 10.6. The molecule has 3 N–H and O–H groups in total. The molecule has 0 saturated heterocycles. The SMILES string of the molecule is CCCCCCCCCCNc1ccc(Br)cc1C(N)=S. The second-order valence-corrected chi connectivity index (χ2v) is 6.81. The summed E-state index contributed by atoms with van der Waals surface area (Å²) in [7, 11) is 0. The highest BCUT2D eigenvalue weighted by molar-refractivity contribution is 9.10. The van der Waals surface area contributed by atoms with Crippen LogP contribution in [-0.4, -0.2) is 11.5 Å². The van der Waals surface area contributed by atoms with E-state index in [0.29, 0.717) is 4.99 Å². The third kappa shape index (κ3) is 7.82. The summed E-state index contributed by atoms with van der Waals surface area (Å²) in [5.74, 6) is 0. The van der Waals surface area contributed by atoms with Crippen molar-refractivity contribution in [2.75, 3.05) is 11.9 Å². The number of anilines is 1. The van der Waals surface area contributed by atoms with Gasteiger partial charge in [-0.25, -0.2) is 0 Å². The second kappa shape index (κ2) is 11.0. The minimum atomic E-state index is 0.440. The maximum Gasteiger partial charge on any atom is 0.106 e. The fourth-order valence-corrected chi connectivity index (χ4v) is 2.89. The van der Waals surface area contributed by atoms with Crippen molar-refractivity contribution in [3.8, 4) is 0 Å². The summed E-state index contributed by atoms with van der Waals surface area (Å²) >= 11 is 8.55. The van der Waals surface area contributed by atoms with Gasteiger partial charge in [-0.1, -0.05) is 80.0 Å². The molecule has 0 amide bonds. The largest absolute Gasteiger partial charge is 0.389 e. The van der Waals surface area contributed by atoms with E-state index < -0.39 is 0 Å². The van der Waals surface area contributed by atoms with Crippen LogP contribution in [-0.2, 0) is 0 Å². The van der Waals surface area contributed by atoms with E-state index in [0.717, 1.165) is 22.3 Å². The summed E-state index contributed by atoms with van der Waals surface area (Å²) in [6, 6.07) is 6.01. The summed E-state index contributed by atoms with van der Waals surface area (Å²) < 4.78 is 1.00. The first-order valence-corrected chi connectivity index (χ1v) is 9.18. The van der Waals surface area contributed by atoms with Crippen molar-refractivity contribution in [1.82, 2.24) is 0 Å². The average molecular weight is 371 g/mol. The van der Waals surface area contributed by atoms with Gasteiger partial charge in [-0.05, 0) is 24.6 Å². The Kier molecular flexibility index (Phi) is 9.68. The van der Waals surface area contributed by atoms with Crippen LogP contribution in [0, 0.1) is 0 Å². The third-order valence-corrected chi connectivity index (χ3v) is 4.31. The quantitative estimate of drug-likeness (QED) is 0.391. The number of nitrogens with one attached hydrogen (secondary N) is 1. The molecule has 0 bridgehead atoms. The molecule has 0 fully saturated rings. The van der Waals surface area contributed by atoms with Crippen LogP contribution in [0.3, 0.4) is 0 Å². The van der Waals surface area contributed by atoms with Gasteiger partial charge in [0.15, 0.2) is 0 Å². The van der Waals surface area contributed by atoms with Crippen LogP contribution in [0.25, 0.3) is 0 Å². The van der Waals surface area contributed by atoms with Gasteiger partial charge in [0.1, 0.15) is 4.99 Å². The molecule has 0 heterocycles. The molecule has 0 atom stereocenters. The minimum absolute atomic E-state index is 0.440. The third-order valence-electron chi connectivity index (χ3n) is 3.59. The summed E-state index contributed by atoms with van der Waals surface area (Å²) in [4.78, 5) is 0.440.